The zero-order valence-corrected chi connectivity index (χ0v) is 46.5. The molecule has 2 aliphatic heterocycles. The lowest BCUT2D eigenvalue weighted by Crippen LogP contribution is -2.45. The van der Waals surface area contributed by atoms with Gasteiger partial charge in [-0.25, -0.2) is 8.78 Å². The molecule has 5 aromatic rings. The predicted octanol–water partition coefficient (Wildman–Crippen LogP) is 12.4. The number of methoxy groups -OCH3 is 1. The van der Waals surface area contributed by atoms with Crippen LogP contribution in [0.1, 0.15) is 105 Å². The van der Waals surface area contributed by atoms with E-state index in [0.29, 0.717) is 44.2 Å². The molecule has 2 saturated heterocycles. The number of amides is 3. The SMILES string of the molecule is COc1cc(C(=O)NCCCOCCCCCOc2ccc(N3C(=S)N(c4ccc(C#N)c(C(F)(F)F)c4)C(=O)C3(C)C)cc2)ccc1NC(=O)C1N[C@@H](CC(C)(C)C)[C@](C#N)(c2ccc(Cl)cc2F)[C@H]1c1cccc(Cl)c1F. The summed E-state index contributed by atoms with van der Waals surface area (Å²) in [5.74, 6) is -3.82. The summed E-state index contributed by atoms with van der Waals surface area (Å²) >= 11 is 18.1. The molecule has 416 valence electrons. The number of unbranched alkanes of at least 4 members (excludes halogenated alkanes) is 2. The zero-order valence-electron chi connectivity index (χ0n) is 44.1. The summed E-state index contributed by atoms with van der Waals surface area (Å²) in [4.78, 5) is 44.0. The van der Waals surface area contributed by atoms with Crippen LogP contribution in [0.25, 0.3) is 0 Å². The Balaban J connectivity index is 0.869. The highest BCUT2D eigenvalue weighted by Crippen LogP contribution is 2.53. The van der Waals surface area contributed by atoms with E-state index in [0.717, 1.165) is 42.4 Å². The molecule has 13 nitrogen and oxygen atoms in total. The van der Waals surface area contributed by atoms with E-state index in [9.17, 15) is 38.1 Å². The zero-order chi connectivity index (χ0) is 57.6. The minimum absolute atomic E-state index is 0.0125. The Bertz CT molecular complexity index is 3200. The number of hydrogen-bond donors (Lipinski definition) is 3. The van der Waals surface area contributed by atoms with E-state index in [-0.39, 0.29) is 55.4 Å². The quantitative estimate of drug-likeness (QED) is 0.0385. The molecule has 79 heavy (non-hydrogen) atoms. The fourth-order valence-electron chi connectivity index (χ4n) is 10.1. The first-order valence-electron chi connectivity index (χ1n) is 25.3. The number of nitriles is 2. The van der Waals surface area contributed by atoms with Crippen molar-refractivity contribution in [3.63, 3.8) is 0 Å². The Morgan fingerprint density at radius 1 is 0.873 bits per heavy atom. The third-order valence-electron chi connectivity index (χ3n) is 13.9. The molecule has 0 aliphatic carbocycles. The van der Waals surface area contributed by atoms with Crippen molar-refractivity contribution in [3.05, 3.63) is 147 Å². The fourth-order valence-corrected chi connectivity index (χ4v) is 11.0. The number of benzene rings is 5. The maximum absolute atomic E-state index is 16.2. The molecule has 2 aliphatic rings. The summed E-state index contributed by atoms with van der Waals surface area (Å²) in [6.45, 7) is 10.7. The molecule has 4 atom stereocenters. The van der Waals surface area contributed by atoms with Crippen LogP contribution in [-0.2, 0) is 25.9 Å². The maximum Gasteiger partial charge on any atom is 0.417 e. The predicted molar refractivity (Wildman–Crippen MR) is 296 cm³/mol. The molecule has 0 bridgehead atoms. The van der Waals surface area contributed by atoms with Crippen molar-refractivity contribution in [3.8, 4) is 23.6 Å². The molecule has 0 radical (unpaired) electrons. The summed E-state index contributed by atoms with van der Waals surface area (Å²) < 4.78 is 90.8. The van der Waals surface area contributed by atoms with Crippen LogP contribution in [0.2, 0.25) is 10.0 Å². The summed E-state index contributed by atoms with van der Waals surface area (Å²) in [5, 5.41) is 29.2. The van der Waals surface area contributed by atoms with Gasteiger partial charge in [0.1, 0.15) is 34.1 Å². The number of nitrogens with zero attached hydrogens (tertiary/aromatic N) is 4. The van der Waals surface area contributed by atoms with Crippen LogP contribution >= 0.6 is 35.4 Å². The van der Waals surface area contributed by atoms with Crippen molar-refractivity contribution in [2.45, 2.75) is 102 Å². The highest BCUT2D eigenvalue weighted by Gasteiger charge is 2.61. The van der Waals surface area contributed by atoms with Gasteiger partial charge in [0.15, 0.2) is 5.11 Å². The van der Waals surface area contributed by atoms with Crippen LogP contribution in [0.4, 0.5) is 39.0 Å². The van der Waals surface area contributed by atoms with Gasteiger partial charge in [-0.05, 0) is 148 Å². The first-order chi connectivity index (χ1) is 37.4. The second-order valence-electron chi connectivity index (χ2n) is 20.9. The standard InChI is InChI=1S/C58H58Cl2F5N7O6S/c1-55(2,3)31-47-57(33-67,41-22-16-36(59)29-44(41)61)48(40-12-10-13-43(60)49(40)62)50(70-47)52(74)69-45-23-15-34(28-46(45)76-6)51(73)68-24-11-26-77-25-8-7-9-27-78-39-20-18-37(19-21-39)72-54(79)71(53(75)56(72,4)5)38-17-14-35(32-66)42(30-38)58(63,64)65/h10,12-23,28-30,47-48,50,70H,7-9,11,24-27,31H2,1-6H3,(H,68,73)(H,69,74)/t47-,48-,50?,57-/m0/s1. The number of carbonyl (C=O) groups excluding carboxylic acids is 3. The van der Waals surface area contributed by atoms with Gasteiger partial charge in [-0.2, -0.15) is 23.7 Å². The van der Waals surface area contributed by atoms with Crippen molar-refractivity contribution in [2.75, 3.05) is 48.6 Å². The number of alkyl halides is 3. The fraction of sp³-hybridized carbons (Fsp3) is 0.379. The van der Waals surface area contributed by atoms with Crippen molar-refractivity contribution in [1.29, 1.82) is 10.5 Å². The van der Waals surface area contributed by atoms with Crippen molar-refractivity contribution in [2.24, 2.45) is 5.41 Å². The van der Waals surface area contributed by atoms with Gasteiger partial charge in [-0.3, -0.25) is 19.3 Å². The normalized spacial score (nSPS) is 19.0. The van der Waals surface area contributed by atoms with Crippen LogP contribution in [0.3, 0.4) is 0 Å². The monoisotopic (exact) mass is 1150 g/mol. The molecule has 1 unspecified atom stereocenters. The van der Waals surface area contributed by atoms with E-state index < -0.39 is 81.0 Å². The van der Waals surface area contributed by atoms with E-state index in [2.05, 4.69) is 22.0 Å². The van der Waals surface area contributed by atoms with Crippen LogP contribution in [0.15, 0.2) is 97.1 Å². The molecule has 0 spiro atoms. The van der Waals surface area contributed by atoms with Gasteiger partial charge in [0, 0.05) is 53.6 Å². The molecule has 2 fully saturated rings. The van der Waals surface area contributed by atoms with Crippen molar-refractivity contribution in [1.82, 2.24) is 10.6 Å². The lowest BCUT2D eigenvalue weighted by atomic mass is 9.62. The molecule has 3 amide bonds. The molecular formula is C58H58Cl2F5N7O6S. The van der Waals surface area contributed by atoms with Gasteiger partial charge in [0.25, 0.3) is 11.8 Å². The Labute approximate surface area is 470 Å². The molecule has 0 aromatic heterocycles. The smallest absolute Gasteiger partial charge is 0.417 e. The molecular weight excluding hydrogens is 1090 g/mol. The molecule has 5 aromatic carbocycles. The van der Waals surface area contributed by atoms with Crippen LogP contribution < -0.4 is 35.2 Å². The number of halogens is 7. The number of anilines is 3. The van der Waals surface area contributed by atoms with E-state index in [1.165, 1.54) is 61.7 Å². The lowest BCUT2D eigenvalue weighted by molar-refractivity contribution is -0.137. The summed E-state index contributed by atoms with van der Waals surface area (Å²) in [6.07, 6.45) is -1.69. The minimum Gasteiger partial charge on any atom is -0.495 e. The number of carbonyl (C=O) groups is 3. The minimum atomic E-state index is -4.81. The first kappa shape index (κ1) is 59.8. The first-order valence-corrected chi connectivity index (χ1v) is 26.5. The largest absolute Gasteiger partial charge is 0.495 e. The number of rotatable bonds is 20. The second kappa shape index (κ2) is 24.7. The summed E-state index contributed by atoms with van der Waals surface area (Å²) in [7, 11) is 1.37. The third-order valence-corrected chi connectivity index (χ3v) is 14.7. The molecule has 3 N–H and O–H groups in total. The van der Waals surface area contributed by atoms with E-state index in [1.54, 1.807) is 49.1 Å². The van der Waals surface area contributed by atoms with Crippen LogP contribution in [0, 0.1) is 39.7 Å². The number of ether oxygens (including phenoxy) is 3. The Morgan fingerprint density at radius 2 is 1.57 bits per heavy atom. The number of thiocarbonyl (C=S) groups is 1. The Morgan fingerprint density at radius 3 is 2.23 bits per heavy atom. The summed E-state index contributed by atoms with van der Waals surface area (Å²) in [5.41, 5.74) is -4.48. The number of hydrogen-bond acceptors (Lipinski definition) is 10. The molecule has 7 rings (SSSR count). The molecule has 0 saturated carbocycles. The van der Waals surface area contributed by atoms with Gasteiger partial charge in [-0.15, -0.1) is 0 Å². The lowest BCUT2D eigenvalue weighted by Gasteiger charge is -2.37. The van der Waals surface area contributed by atoms with E-state index in [4.69, 9.17) is 49.6 Å². The number of nitrogens with one attached hydrogen (secondary N) is 3. The van der Waals surface area contributed by atoms with Gasteiger partial charge in [-0.1, -0.05) is 62.2 Å². The van der Waals surface area contributed by atoms with E-state index >= 15 is 8.78 Å². The van der Waals surface area contributed by atoms with Crippen LogP contribution in [0.5, 0.6) is 11.5 Å². The van der Waals surface area contributed by atoms with Crippen molar-refractivity contribution >= 4 is 75.3 Å². The third kappa shape index (κ3) is 12.9. The second-order valence-corrected chi connectivity index (χ2v) is 22.1. The highest BCUT2D eigenvalue weighted by atomic mass is 35.5. The van der Waals surface area contributed by atoms with Gasteiger partial charge < -0.3 is 35.1 Å². The van der Waals surface area contributed by atoms with Crippen molar-refractivity contribution < 1.29 is 50.5 Å². The Hall–Kier alpha value is -6.87. The van der Waals surface area contributed by atoms with Gasteiger partial charge in [0.2, 0.25) is 5.91 Å². The summed E-state index contributed by atoms with van der Waals surface area (Å²) in [6, 6.07) is 24.3. The van der Waals surface area contributed by atoms with Gasteiger partial charge >= 0.3 is 6.18 Å². The molecule has 21 heteroatoms. The molecule has 2 heterocycles. The van der Waals surface area contributed by atoms with Crippen LogP contribution in [-0.4, -0.2) is 73.9 Å². The van der Waals surface area contributed by atoms with E-state index in [1.807, 2.05) is 20.8 Å². The van der Waals surface area contributed by atoms with Gasteiger partial charge in [0.05, 0.1) is 59.4 Å². The maximum atomic E-state index is 16.2. The Kier molecular flexibility index (Phi) is 18.7. The highest BCUT2D eigenvalue weighted by molar-refractivity contribution is 7.81. The average Bonchev–Trinajstić information content (AvgIpc) is 3.64. The average molecular weight is 1150 g/mol. The topological polar surface area (TPSA) is 169 Å².